The van der Waals surface area contributed by atoms with Crippen molar-refractivity contribution in [2.75, 3.05) is 56.9 Å². The highest BCUT2D eigenvalue weighted by molar-refractivity contribution is 7.80. The van der Waals surface area contributed by atoms with Crippen LogP contribution in [0, 0.1) is 28.4 Å². The van der Waals surface area contributed by atoms with Crippen molar-refractivity contribution in [3.05, 3.63) is 45.0 Å². The standard InChI is InChI=1S/C22H28N8O4S/c1-14-17(13-23)20(25-8-4-10-33-2)27-21(26-9-5-11-34-3)19(14)28-29-22(35)16-12-15(30(31)32)6-7-18(16)24/h6-7,12H,4-5,8-11,24H2,1-3H3,(H2,25,26,27). The molecule has 1 aromatic carbocycles. The number of azo groups is 1. The number of nitro benzene ring substituents is 1. The van der Waals surface area contributed by atoms with E-state index in [1.54, 1.807) is 21.1 Å². The van der Waals surface area contributed by atoms with E-state index >= 15 is 0 Å². The molecule has 2 aromatic rings. The fourth-order valence-corrected chi connectivity index (χ4v) is 3.26. The quantitative estimate of drug-likeness (QED) is 0.0906. The fourth-order valence-electron chi connectivity index (χ4n) is 3.04. The lowest BCUT2D eigenvalue weighted by molar-refractivity contribution is -0.384. The van der Waals surface area contributed by atoms with E-state index in [-0.39, 0.29) is 21.9 Å². The third kappa shape index (κ3) is 7.64. The van der Waals surface area contributed by atoms with Gasteiger partial charge in [-0.1, -0.05) is 12.2 Å². The van der Waals surface area contributed by atoms with Crippen molar-refractivity contribution in [1.29, 1.82) is 5.26 Å². The van der Waals surface area contributed by atoms with E-state index in [9.17, 15) is 15.4 Å². The Morgan fingerprint density at radius 2 is 1.86 bits per heavy atom. The van der Waals surface area contributed by atoms with Crippen molar-refractivity contribution in [2.45, 2.75) is 19.8 Å². The van der Waals surface area contributed by atoms with Crippen LogP contribution < -0.4 is 16.4 Å². The summed E-state index contributed by atoms with van der Waals surface area (Å²) in [6.45, 7) is 3.97. The smallest absolute Gasteiger partial charge is 0.270 e. The van der Waals surface area contributed by atoms with Crippen molar-refractivity contribution < 1.29 is 14.4 Å². The van der Waals surface area contributed by atoms with Crippen LogP contribution in [0.1, 0.15) is 29.5 Å². The lowest BCUT2D eigenvalue weighted by Gasteiger charge is -2.15. The zero-order valence-electron chi connectivity index (χ0n) is 19.8. The van der Waals surface area contributed by atoms with E-state index in [4.69, 9.17) is 27.4 Å². The lowest BCUT2D eigenvalue weighted by Crippen LogP contribution is -2.12. The molecule has 0 amide bonds. The molecule has 0 aliphatic carbocycles. The highest BCUT2D eigenvalue weighted by Gasteiger charge is 2.18. The number of ether oxygens (including phenoxy) is 2. The van der Waals surface area contributed by atoms with Crippen molar-refractivity contribution in [2.24, 2.45) is 10.2 Å². The van der Waals surface area contributed by atoms with Gasteiger partial charge in [0.25, 0.3) is 5.69 Å². The minimum absolute atomic E-state index is 0.0313. The van der Waals surface area contributed by atoms with Gasteiger partial charge in [-0.25, -0.2) is 4.98 Å². The summed E-state index contributed by atoms with van der Waals surface area (Å²) in [5.41, 5.74) is 7.42. The number of nitrogens with two attached hydrogens (primary N) is 1. The van der Waals surface area contributed by atoms with Gasteiger partial charge in [-0.15, -0.1) is 10.2 Å². The first-order chi connectivity index (χ1) is 16.8. The number of nitrogens with one attached hydrogen (secondary N) is 2. The maximum Gasteiger partial charge on any atom is 0.270 e. The third-order valence-corrected chi connectivity index (χ3v) is 5.18. The second kappa shape index (κ2) is 13.9. The molecule has 0 saturated carbocycles. The van der Waals surface area contributed by atoms with Gasteiger partial charge in [-0.3, -0.25) is 10.1 Å². The van der Waals surface area contributed by atoms with Crippen LogP contribution in [0.4, 0.5) is 28.7 Å². The Kier molecular flexibility index (Phi) is 10.9. The molecule has 0 unspecified atom stereocenters. The van der Waals surface area contributed by atoms with Gasteiger partial charge in [0, 0.05) is 69.5 Å². The second-order valence-electron chi connectivity index (χ2n) is 7.35. The second-order valence-corrected chi connectivity index (χ2v) is 7.74. The fraction of sp³-hybridized carbons (Fsp3) is 0.409. The predicted octanol–water partition coefficient (Wildman–Crippen LogP) is 4.11. The maximum absolute atomic E-state index is 11.1. The molecule has 0 aliphatic rings. The van der Waals surface area contributed by atoms with Gasteiger partial charge in [-0.05, 0) is 25.8 Å². The number of nitro groups is 1. The van der Waals surface area contributed by atoms with E-state index in [0.717, 1.165) is 6.42 Å². The number of pyridine rings is 1. The van der Waals surface area contributed by atoms with E-state index in [1.807, 2.05) is 0 Å². The van der Waals surface area contributed by atoms with Crippen LogP contribution in [0.3, 0.4) is 0 Å². The summed E-state index contributed by atoms with van der Waals surface area (Å²) in [6, 6.07) is 6.09. The normalized spacial score (nSPS) is 10.8. The highest BCUT2D eigenvalue weighted by Crippen LogP contribution is 2.34. The Balaban J connectivity index is 2.43. The van der Waals surface area contributed by atoms with Crippen LogP contribution in [0.25, 0.3) is 0 Å². The van der Waals surface area contributed by atoms with Gasteiger partial charge in [0.1, 0.15) is 17.6 Å². The number of hydrogen-bond donors (Lipinski definition) is 3. The molecule has 2 rings (SSSR count). The summed E-state index contributed by atoms with van der Waals surface area (Å²) < 4.78 is 10.2. The van der Waals surface area contributed by atoms with Crippen LogP contribution >= 0.6 is 12.2 Å². The van der Waals surface area contributed by atoms with Crippen molar-refractivity contribution in [3.8, 4) is 6.07 Å². The van der Waals surface area contributed by atoms with E-state index in [1.165, 1.54) is 18.2 Å². The summed E-state index contributed by atoms with van der Waals surface area (Å²) >= 11 is 5.32. The number of hydrogen-bond acceptors (Lipinski definition) is 11. The molecule has 13 heteroatoms. The molecule has 0 bridgehead atoms. The van der Waals surface area contributed by atoms with E-state index < -0.39 is 4.92 Å². The molecule has 0 aliphatic heterocycles. The Bertz CT molecular complexity index is 1130. The average molecular weight is 501 g/mol. The first kappa shape index (κ1) is 27.5. The van der Waals surface area contributed by atoms with Gasteiger partial charge in [-0.2, -0.15) is 5.26 Å². The Morgan fingerprint density at radius 1 is 1.23 bits per heavy atom. The summed E-state index contributed by atoms with van der Waals surface area (Å²) in [6.07, 6.45) is 1.45. The number of benzene rings is 1. The largest absolute Gasteiger partial charge is 0.398 e. The van der Waals surface area contributed by atoms with Crippen LogP contribution in [0.15, 0.2) is 28.4 Å². The van der Waals surface area contributed by atoms with Crippen molar-refractivity contribution in [3.63, 3.8) is 0 Å². The highest BCUT2D eigenvalue weighted by atomic mass is 32.1. The molecule has 186 valence electrons. The Morgan fingerprint density at radius 3 is 2.43 bits per heavy atom. The molecular weight excluding hydrogens is 472 g/mol. The number of non-ortho nitro benzene ring substituents is 1. The SMILES string of the molecule is COCCCNc1nc(NCCCOC)c(N=NC(=S)c2cc([N+](=O)[O-])ccc2N)c(C)c1C#N. The Hall–Kier alpha value is -3.73. The third-order valence-electron chi connectivity index (χ3n) is 4.88. The zero-order valence-corrected chi connectivity index (χ0v) is 20.6. The number of rotatable bonds is 13. The monoisotopic (exact) mass is 500 g/mol. The molecule has 0 atom stereocenters. The molecule has 0 spiro atoms. The van der Waals surface area contributed by atoms with Crippen LogP contribution in [0.5, 0.6) is 0 Å². The molecule has 1 aromatic heterocycles. The molecule has 0 fully saturated rings. The van der Waals surface area contributed by atoms with E-state index in [0.29, 0.717) is 61.2 Å². The maximum atomic E-state index is 11.1. The van der Waals surface area contributed by atoms with Gasteiger partial charge in [0.2, 0.25) is 0 Å². The Labute approximate surface area is 208 Å². The van der Waals surface area contributed by atoms with Crippen LogP contribution in [0.2, 0.25) is 0 Å². The van der Waals surface area contributed by atoms with E-state index in [2.05, 4.69) is 31.9 Å². The molecule has 12 nitrogen and oxygen atoms in total. The molecule has 0 radical (unpaired) electrons. The number of thiocarbonyl (C=S) groups is 1. The number of methoxy groups -OCH3 is 2. The molecule has 0 saturated heterocycles. The molecule has 1 heterocycles. The molecular formula is C22H28N8O4S. The number of nitriles is 1. The minimum Gasteiger partial charge on any atom is -0.398 e. The number of anilines is 3. The number of nitrogens with zero attached hydrogens (tertiary/aromatic N) is 5. The van der Waals surface area contributed by atoms with Gasteiger partial charge >= 0.3 is 0 Å². The molecule has 35 heavy (non-hydrogen) atoms. The lowest BCUT2D eigenvalue weighted by atomic mass is 10.1. The van der Waals surface area contributed by atoms with Crippen LogP contribution in [-0.4, -0.2) is 55.4 Å². The topological polar surface area (TPSA) is 173 Å². The van der Waals surface area contributed by atoms with Crippen LogP contribution in [-0.2, 0) is 9.47 Å². The van der Waals surface area contributed by atoms with Crippen molar-refractivity contribution in [1.82, 2.24) is 4.98 Å². The van der Waals surface area contributed by atoms with Gasteiger partial charge in [0.15, 0.2) is 10.8 Å². The summed E-state index contributed by atoms with van der Waals surface area (Å²) in [5, 5.41) is 35.6. The molecule has 4 N–H and O–H groups in total. The van der Waals surface area contributed by atoms with Crippen molar-refractivity contribution >= 4 is 45.9 Å². The number of nitrogen functional groups attached to an aromatic ring is 1. The predicted molar refractivity (Wildman–Crippen MR) is 137 cm³/mol. The zero-order chi connectivity index (χ0) is 25.8. The van der Waals surface area contributed by atoms with Gasteiger partial charge in [0.05, 0.1) is 10.5 Å². The first-order valence-corrected chi connectivity index (χ1v) is 11.1. The summed E-state index contributed by atoms with van der Waals surface area (Å²) in [5.74, 6) is 0.824. The number of aromatic nitrogens is 1. The first-order valence-electron chi connectivity index (χ1n) is 10.7. The summed E-state index contributed by atoms with van der Waals surface area (Å²) in [7, 11) is 3.24. The average Bonchev–Trinajstić information content (AvgIpc) is 2.84. The van der Waals surface area contributed by atoms with Gasteiger partial charge < -0.3 is 25.8 Å². The minimum atomic E-state index is -0.545. The summed E-state index contributed by atoms with van der Waals surface area (Å²) in [4.78, 5) is 15.1.